The Hall–Kier alpha value is -2.19. The van der Waals surface area contributed by atoms with Crippen LogP contribution in [0, 0.1) is 0 Å². The molecule has 1 amide bonds. The van der Waals surface area contributed by atoms with Crippen LogP contribution in [0.1, 0.15) is 50.5 Å². The van der Waals surface area contributed by atoms with Crippen molar-refractivity contribution in [1.82, 2.24) is 19.6 Å². The zero-order valence-corrected chi connectivity index (χ0v) is 17.5. The number of aryl methyl sites for hydroxylation is 2. The van der Waals surface area contributed by atoms with Gasteiger partial charge in [0.2, 0.25) is 15.9 Å². The third-order valence-corrected chi connectivity index (χ3v) is 6.81. The van der Waals surface area contributed by atoms with Gasteiger partial charge in [-0.2, -0.15) is 0 Å². The van der Waals surface area contributed by atoms with Crippen molar-refractivity contribution >= 4 is 15.9 Å². The van der Waals surface area contributed by atoms with Crippen molar-refractivity contribution in [3.05, 3.63) is 48.5 Å². The molecule has 0 spiro atoms. The topological polar surface area (TPSA) is 93.1 Å². The Balaban J connectivity index is 1.39. The predicted octanol–water partition coefficient (Wildman–Crippen LogP) is 2.63. The SMILES string of the molecule is O=C(CCc1ccc(S(=O)(=O)NC2CCCCC2)cc1)NCCCn1ccnc1. The van der Waals surface area contributed by atoms with Crippen molar-refractivity contribution in [2.24, 2.45) is 0 Å². The van der Waals surface area contributed by atoms with Crippen LogP contribution in [0.4, 0.5) is 0 Å². The number of nitrogens with zero attached hydrogens (tertiary/aromatic N) is 2. The van der Waals surface area contributed by atoms with Gasteiger partial charge in [0.05, 0.1) is 11.2 Å². The van der Waals surface area contributed by atoms with Gasteiger partial charge >= 0.3 is 0 Å². The molecule has 0 bridgehead atoms. The molecule has 29 heavy (non-hydrogen) atoms. The quantitative estimate of drug-likeness (QED) is 0.580. The Labute approximate surface area is 173 Å². The molecule has 7 nitrogen and oxygen atoms in total. The third-order valence-electron chi connectivity index (χ3n) is 5.28. The Morgan fingerprint density at radius 1 is 1.14 bits per heavy atom. The number of rotatable bonds is 10. The standard InChI is InChI=1S/C21H30N4O3S/c26-21(23-13-4-15-25-16-14-22-17-25)12-9-18-7-10-20(11-8-18)29(27,28)24-19-5-2-1-3-6-19/h7-8,10-11,14,16-17,19,24H,1-6,9,12-13,15H2,(H,23,26). The van der Waals surface area contributed by atoms with Crippen molar-refractivity contribution in [3.8, 4) is 0 Å². The Morgan fingerprint density at radius 3 is 2.59 bits per heavy atom. The number of benzene rings is 1. The zero-order chi connectivity index (χ0) is 20.5. The lowest BCUT2D eigenvalue weighted by molar-refractivity contribution is -0.121. The highest BCUT2D eigenvalue weighted by Gasteiger charge is 2.21. The molecule has 0 aliphatic heterocycles. The van der Waals surface area contributed by atoms with Gasteiger partial charge in [0, 0.05) is 37.9 Å². The van der Waals surface area contributed by atoms with E-state index in [0.717, 1.165) is 44.2 Å². The molecule has 1 aliphatic carbocycles. The summed E-state index contributed by atoms with van der Waals surface area (Å²) in [5.41, 5.74) is 0.954. The number of carbonyl (C=O) groups excluding carboxylic acids is 1. The van der Waals surface area contributed by atoms with Gasteiger partial charge in [0.15, 0.2) is 0 Å². The number of nitrogens with one attached hydrogen (secondary N) is 2. The van der Waals surface area contributed by atoms with E-state index in [9.17, 15) is 13.2 Å². The van der Waals surface area contributed by atoms with Gasteiger partial charge in [-0.25, -0.2) is 18.1 Å². The van der Waals surface area contributed by atoms with Crippen LogP contribution < -0.4 is 10.0 Å². The van der Waals surface area contributed by atoms with E-state index in [2.05, 4.69) is 15.0 Å². The number of hydrogen-bond acceptors (Lipinski definition) is 4. The van der Waals surface area contributed by atoms with Crippen molar-refractivity contribution < 1.29 is 13.2 Å². The first-order chi connectivity index (χ1) is 14.0. The van der Waals surface area contributed by atoms with E-state index in [1.165, 1.54) is 6.42 Å². The maximum atomic E-state index is 12.5. The fourth-order valence-corrected chi connectivity index (χ4v) is 4.90. The molecule has 1 saturated carbocycles. The minimum Gasteiger partial charge on any atom is -0.356 e. The lowest BCUT2D eigenvalue weighted by atomic mass is 9.96. The number of hydrogen-bond donors (Lipinski definition) is 2. The second-order valence-electron chi connectivity index (χ2n) is 7.60. The van der Waals surface area contributed by atoms with E-state index in [0.29, 0.717) is 19.4 Å². The number of carbonyl (C=O) groups is 1. The smallest absolute Gasteiger partial charge is 0.240 e. The van der Waals surface area contributed by atoms with Crippen LogP contribution in [-0.4, -0.2) is 36.5 Å². The van der Waals surface area contributed by atoms with Gasteiger partial charge in [-0.15, -0.1) is 0 Å². The normalized spacial score (nSPS) is 15.3. The fraction of sp³-hybridized carbons (Fsp3) is 0.524. The summed E-state index contributed by atoms with van der Waals surface area (Å²) in [4.78, 5) is 16.3. The molecule has 1 aliphatic rings. The van der Waals surface area contributed by atoms with E-state index < -0.39 is 10.0 Å². The zero-order valence-electron chi connectivity index (χ0n) is 16.7. The van der Waals surface area contributed by atoms with E-state index in [1.54, 1.807) is 36.8 Å². The number of aromatic nitrogens is 2. The molecule has 0 radical (unpaired) electrons. The van der Waals surface area contributed by atoms with Crippen molar-refractivity contribution in [2.75, 3.05) is 6.54 Å². The monoisotopic (exact) mass is 418 g/mol. The lowest BCUT2D eigenvalue weighted by Crippen LogP contribution is -2.36. The molecule has 1 fully saturated rings. The van der Waals surface area contributed by atoms with Crippen LogP contribution in [0.25, 0.3) is 0 Å². The van der Waals surface area contributed by atoms with Crippen molar-refractivity contribution in [2.45, 2.75) is 68.8 Å². The van der Waals surface area contributed by atoms with Gasteiger partial charge in [0.25, 0.3) is 0 Å². The van der Waals surface area contributed by atoms with Crippen LogP contribution in [0.5, 0.6) is 0 Å². The minimum atomic E-state index is -3.48. The summed E-state index contributed by atoms with van der Waals surface area (Å²) in [5.74, 6) is 0.00583. The van der Waals surface area contributed by atoms with E-state index >= 15 is 0 Å². The maximum Gasteiger partial charge on any atom is 0.240 e. The lowest BCUT2D eigenvalue weighted by Gasteiger charge is -2.22. The first kappa shape index (κ1) is 21.5. The van der Waals surface area contributed by atoms with Crippen LogP contribution in [0.15, 0.2) is 47.9 Å². The molecule has 0 saturated heterocycles. The summed E-state index contributed by atoms with van der Waals surface area (Å²) >= 11 is 0. The van der Waals surface area contributed by atoms with Crippen LogP contribution in [0.3, 0.4) is 0 Å². The number of sulfonamides is 1. The van der Waals surface area contributed by atoms with Gasteiger partial charge in [-0.3, -0.25) is 4.79 Å². The van der Waals surface area contributed by atoms with E-state index in [-0.39, 0.29) is 16.8 Å². The molecule has 158 valence electrons. The van der Waals surface area contributed by atoms with Gasteiger partial charge in [0.1, 0.15) is 0 Å². The average Bonchev–Trinajstić information content (AvgIpc) is 3.24. The minimum absolute atomic E-state index is 0.00583. The van der Waals surface area contributed by atoms with E-state index in [4.69, 9.17) is 0 Å². The number of amides is 1. The molecular formula is C21H30N4O3S. The van der Waals surface area contributed by atoms with E-state index in [1.807, 2.05) is 10.8 Å². The van der Waals surface area contributed by atoms with Crippen LogP contribution in [0.2, 0.25) is 0 Å². The van der Waals surface area contributed by atoms with Gasteiger partial charge < -0.3 is 9.88 Å². The summed E-state index contributed by atoms with van der Waals surface area (Å²) < 4.78 is 29.9. The molecule has 1 heterocycles. The Morgan fingerprint density at radius 2 is 1.90 bits per heavy atom. The Bertz CT molecular complexity index is 858. The van der Waals surface area contributed by atoms with Crippen molar-refractivity contribution in [3.63, 3.8) is 0 Å². The molecule has 8 heteroatoms. The molecule has 1 aromatic heterocycles. The molecule has 0 atom stereocenters. The maximum absolute atomic E-state index is 12.5. The third kappa shape index (κ3) is 6.97. The fourth-order valence-electron chi connectivity index (χ4n) is 3.60. The molecule has 3 rings (SSSR count). The largest absolute Gasteiger partial charge is 0.356 e. The molecule has 2 aromatic rings. The highest BCUT2D eigenvalue weighted by atomic mass is 32.2. The van der Waals surface area contributed by atoms with Crippen LogP contribution >= 0.6 is 0 Å². The predicted molar refractivity (Wildman–Crippen MR) is 112 cm³/mol. The molecule has 2 N–H and O–H groups in total. The van der Waals surface area contributed by atoms with Gasteiger partial charge in [-0.1, -0.05) is 31.4 Å². The molecule has 1 aromatic carbocycles. The first-order valence-corrected chi connectivity index (χ1v) is 11.8. The average molecular weight is 419 g/mol. The summed E-state index contributed by atoms with van der Waals surface area (Å²) in [6, 6.07) is 6.89. The molecule has 0 unspecified atom stereocenters. The highest BCUT2D eigenvalue weighted by Crippen LogP contribution is 2.20. The van der Waals surface area contributed by atoms with Crippen molar-refractivity contribution in [1.29, 1.82) is 0 Å². The second kappa shape index (κ2) is 10.5. The Kier molecular flexibility index (Phi) is 7.83. The first-order valence-electron chi connectivity index (χ1n) is 10.4. The summed E-state index contributed by atoms with van der Waals surface area (Å²) in [7, 11) is -3.48. The second-order valence-corrected chi connectivity index (χ2v) is 9.32. The summed E-state index contributed by atoms with van der Waals surface area (Å²) in [6.07, 6.45) is 12.4. The molecular weight excluding hydrogens is 388 g/mol. The number of imidazole rings is 1. The van der Waals surface area contributed by atoms with Gasteiger partial charge in [-0.05, 0) is 43.4 Å². The summed E-state index contributed by atoms with van der Waals surface area (Å²) in [5, 5.41) is 2.92. The summed E-state index contributed by atoms with van der Waals surface area (Å²) in [6.45, 7) is 1.45. The van der Waals surface area contributed by atoms with Crippen LogP contribution in [-0.2, 0) is 27.8 Å². The highest BCUT2D eigenvalue weighted by molar-refractivity contribution is 7.89.